The van der Waals surface area contributed by atoms with Gasteiger partial charge in [-0.3, -0.25) is 19.2 Å². The molecule has 1 heterocycles. The lowest BCUT2D eigenvalue weighted by Crippen LogP contribution is -2.64. The summed E-state index contributed by atoms with van der Waals surface area (Å²) >= 11 is 0. The fourth-order valence-electron chi connectivity index (χ4n) is 3.45. The van der Waals surface area contributed by atoms with E-state index >= 15 is 0 Å². The zero-order valence-corrected chi connectivity index (χ0v) is 25.4. The molecule has 0 aromatic rings. The fourth-order valence-corrected chi connectivity index (χ4v) is 4.49. The van der Waals surface area contributed by atoms with Crippen molar-refractivity contribution < 1.29 is 56.8 Å². The predicted molar refractivity (Wildman–Crippen MR) is 136 cm³/mol. The molecule has 1 aliphatic rings. The number of methoxy groups -OCH3 is 1. The second kappa shape index (κ2) is 13.8. The number of ether oxygens (including phenoxy) is 7. The SMILES string of the molecule is CO[C@](C)(CCO[Si](C)(C)C(C)(C)C)O[C@H]1O[C@H](COC(C)=O)[C@@H](OC(C)=O)[C@H](OC(C)=O)[C@H]1OC(C)=O. The van der Waals surface area contributed by atoms with Crippen molar-refractivity contribution in [2.75, 3.05) is 20.3 Å². The standard InChI is InChI=1S/C25H44O12Si/c1-15(26)31-14-19-20(33-16(2)27)21(34-17(3)28)22(35-18(4)29)23(36-19)37-25(8,30-9)12-13-32-38(10,11)24(5,6)7/h19-23H,12-14H2,1-11H3/t19-,20-,21+,22-,23-,25+/m1/s1. The smallest absolute Gasteiger partial charge is 0.303 e. The monoisotopic (exact) mass is 564 g/mol. The van der Waals surface area contributed by atoms with Crippen molar-refractivity contribution in [1.29, 1.82) is 0 Å². The maximum Gasteiger partial charge on any atom is 0.303 e. The largest absolute Gasteiger partial charge is 0.463 e. The van der Waals surface area contributed by atoms with E-state index < -0.39 is 68.7 Å². The Bertz CT molecular complexity index is 839. The summed E-state index contributed by atoms with van der Waals surface area (Å²) in [5.74, 6) is -4.05. The van der Waals surface area contributed by atoms with Crippen LogP contribution in [0.3, 0.4) is 0 Å². The molecule has 12 nitrogen and oxygen atoms in total. The quantitative estimate of drug-likeness (QED) is 0.149. The van der Waals surface area contributed by atoms with Gasteiger partial charge in [0, 0.05) is 47.8 Å². The zero-order chi connectivity index (χ0) is 29.5. The van der Waals surface area contributed by atoms with Gasteiger partial charge in [0.25, 0.3) is 0 Å². The molecule has 13 heteroatoms. The summed E-state index contributed by atoms with van der Waals surface area (Å²) in [6.45, 7) is 16.9. The van der Waals surface area contributed by atoms with Gasteiger partial charge in [-0.2, -0.15) is 0 Å². The summed E-state index contributed by atoms with van der Waals surface area (Å²) in [7, 11) is -0.616. The molecule has 0 aliphatic carbocycles. The number of hydrogen-bond acceptors (Lipinski definition) is 12. The molecule has 0 spiro atoms. The molecule has 0 N–H and O–H groups in total. The van der Waals surface area contributed by atoms with Crippen LogP contribution in [0.15, 0.2) is 0 Å². The van der Waals surface area contributed by atoms with Crippen LogP contribution >= 0.6 is 0 Å². The second-order valence-corrected chi connectivity index (χ2v) is 15.7. The first kappa shape index (κ1) is 34.0. The lowest BCUT2D eigenvalue weighted by molar-refractivity contribution is -0.365. The highest BCUT2D eigenvalue weighted by atomic mass is 28.4. The molecule has 1 aliphatic heterocycles. The van der Waals surface area contributed by atoms with E-state index in [1.165, 1.54) is 14.0 Å². The first-order valence-electron chi connectivity index (χ1n) is 12.5. The summed E-state index contributed by atoms with van der Waals surface area (Å²) in [5, 5.41) is -0.00283. The molecule has 0 saturated carbocycles. The lowest BCUT2D eigenvalue weighted by atomic mass is 9.98. The van der Waals surface area contributed by atoms with Gasteiger partial charge in [-0.25, -0.2) is 0 Å². The number of carbonyl (C=O) groups is 4. The maximum atomic E-state index is 12.0. The van der Waals surface area contributed by atoms with Crippen LogP contribution in [-0.4, -0.2) is 89.0 Å². The molecule has 0 aromatic carbocycles. The van der Waals surface area contributed by atoms with Crippen molar-refractivity contribution in [3.8, 4) is 0 Å². The zero-order valence-electron chi connectivity index (χ0n) is 24.4. The average molecular weight is 565 g/mol. The number of rotatable bonds is 12. The Morgan fingerprint density at radius 1 is 0.789 bits per heavy atom. The van der Waals surface area contributed by atoms with Crippen molar-refractivity contribution in [1.82, 2.24) is 0 Å². The van der Waals surface area contributed by atoms with Crippen LogP contribution in [0.4, 0.5) is 0 Å². The van der Waals surface area contributed by atoms with Gasteiger partial charge in [0.2, 0.25) is 6.29 Å². The molecule has 1 saturated heterocycles. The predicted octanol–water partition coefficient (Wildman–Crippen LogP) is 2.86. The van der Waals surface area contributed by atoms with E-state index in [1.807, 2.05) is 0 Å². The van der Waals surface area contributed by atoms with Crippen LogP contribution in [0.1, 0.15) is 61.8 Å². The molecule has 0 radical (unpaired) electrons. The average Bonchev–Trinajstić information content (AvgIpc) is 2.74. The maximum absolute atomic E-state index is 12.0. The molecule has 38 heavy (non-hydrogen) atoms. The van der Waals surface area contributed by atoms with E-state index in [0.29, 0.717) is 6.61 Å². The fraction of sp³-hybridized carbons (Fsp3) is 0.840. The van der Waals surface area contributed by atoms with E-state index in [4.69, 9.17) is 37.6 Å². The van der Waals surface area contributed by atoms with Gasteiger partial charge in [0.1, 0.15) is 12.7 Å². The summed E-state index contributed by atoms with van der Waals surface area (Å²) < 4.78 is 45.5. The van der Waals surface area contributed by atoms with Crippen molar-refractivity contribution in [2.45, 2.75) is 116 Å². The molecule has 6 atom stereocenters. The van der Waals surface area contributed by atoms with Gasteiger partial charge in [-0.1, -0.05) is 20.8 Å². The normalized spacial score (nSPS) is 25.6. The van der Waals surface area contributed by atoms with Gasteiger partial charge < -0.3 is 37.6 Å². The van der Waals surface area contributed by atoms with Crippen LogP contribution in [0.5, 0.6) is 0 Å². The third-order valence-corrected chi connectivity index (χ3v) is 11.1. The first-order valence-corrected chi connectivity index (χ1v) is 15.4. The number of hydrogen-bond donors (Lipinski definition) is 0. The summed E-state index contributed by atoms with van der Waals surface area (Å²) in [4.78, 5) is 47.4. The van der Waals surface area contributed by atoms with Gasteiger partial charge in [-0.05, 0) is 25.1 Å². The molecule has 1 rings (SSSR count). The van der Waals surface area contributed by atoms with Crippen LogP contribution in [-0.2, 0) is 56.8 Å². The molecular weight excluding hydrogens is 520 g/mol. The highest BCUT2D eigenvalue weighted by molar-refractivity contribution is 6.74. The second-order valence-electron chi connectivity index (χ2n) is 10.9. The molecule has 0 aromatic heterocycles. The number of carbonyl (C=O) groups excluding carboxylic acids is 4. The topological polar surface area (TPSA) is 142 Å². The Labute approximate surface area is 226 Å². The Kier molecular flexibility index (Phi) is 12.4. The van der Waals surface area contributed by atoms with E-state index in [2.05, 4.69) is 33.9 Å². The Morgan fingerprint density at radius 3 is 1.74 bits per heavy atom. The molecule has 0 bridgehead atoms. The Balaban J connectivity index is 3.34. The van der Waals surface area contributed by atoms with Crippen LogP contribution in [0.25, 0.3) is 0 Å². The summed E-state index contributed by atoms with van der Waals surface area (Å²) in [5.41, 5.74) is 0. The summed E-state index contributed by atoms with van der Waals surface area (Å²) in [6, 6.07) is 0. The van der Waals surface area contributed by atoms with Gasteiger partial charge in [0.05, 0.1) is 0 Å². The highest BCUT2D eigenvalue weighted by Gasteiger charge is 2.54. The third-order valence-electron chi connectivity index (χ3n) is 6.57. The minimum Gasteiger partial charge on any atom is -0.463 e. The van der Waals surface area contributed by atoms with Crippen LogP contribution < -0.4 is 0 Å². The van der Waals surface area contributed by atoms with E-state index in [1.54, 1.807) is 6.92 Å². The van der Waals surface area contributed by atoms with Gasteiger partial charge >= 0.3 is 23.9 Å². The third kappa shape index (κ3) is 10.2. The Morgan fingerprint density at radius 2 is 1.29 bits per heavy atom. The number of esters is 4. The van der Waals surface area contributed by atoms with Crippen molar-refractivity contribution >= 4 is 32.2 Å². The van der Waals surface area contributed by atoms with E-state index in [9.17, 15) is 19.2 Å². The van der Waals surface area contributed by atoms with Gasteiger partial charge in [-0.15, -0.1) is 0 Å². The minimum absolute atomic E-state index is 0.00283. The molecule has 1 fully saturated rings. The van der Waals surface area contributed by atoms with E-state index in [-0.39, 0.29) is 18.1 Å². The molecular formula is C25H44O12Si. The molecule has 0 amide bonds. The molecule has 220 valence electrons. The van der Waals surface area contributed by atoms with Crippen LogP contribution in [0, 0.1) is 0 Å². The summed E-state index contributed by atoms with van der Waals surface area (Å²) in [6.07, 6.45) is -6.13. The van der Waals surface area contributed by atoms with Crippen molar-refractivity contribution in [3.05, 3.63) is 0 Å². The van der Waals surface area contributed by atoms with Gasteiger partial charge in [0.15, 0.2) is 32.4 Å². The Hall–Kier alpha value is -2.06. The first-order chi connectivity index (χ1) is 17.3. The van der Waals surface area contributed by atoms with E-state index in [0.717, 1.165) is 20.8 Å². The van der Waals surface area contributed by atoms with Crippen molar-refractivity contribution in [3.63, 3.8) is 0 Å². The minimum atomic E-state index is -2.06. The van der Waals surface area contributed by atoms with Crippen molar-refractivity contribution in [2.24, 2.45) is 0 Å². The molecule has 0 unspecified atom stereocenters. The van der Waals surface area contributed by atoms with Crippen LogP contribution in [0.2, 0.25) is 18.1 Å². The highest BCUT2D eigenvalue weighted by Crippen LogP contribution is 2.37. The lowest BCUT2D eigenvalue weighted by Gasteiger charge is -2.46.